The lowest BCUT2D eigenvalue weighted by Crippen LogP contribution is -1.99. The maximum Gasteiger partial charge on any atom is 0.0998 e. The lowest BCUT2D eigenvalue weighted by molar-refractivity contribution is 1.17. The third-order valence-electron chi connectivity index (χ3n) is 13.0. The van der Waals surface area contributed by atoms with Crippen LogP contribution in [0.25, 0.3) is 111 Å². The summed E-state index contributed by atoms with van der Waals surface area (Å²) in [6.45, 7) is 0. The number of nitrogens with zero attached hydrogens (tertiary/aromatic N) is 4. The summed E-state index contributed by atoms with van der Waals surface area (Å²) in [6.07, 6.45) is 0. The van der Waals surface area contributed by atoms with Crippen LogP contribution in [0.15, 0.2) is 231 Å². The van der Waals surface area contributed by atoms with Crippen LogP contribution in [0.3, 0.4) is 0 Å². The smallest absolute Gasteiger partial charge is 0.0998 e. The second-order valence-electron chi connectivity index (χ2n) is 16.7. The second kappa shape index (κ2) is 15.8. The number of benzene rings is 10. The van der Waals surface area contributed by atoms with Gasteiger partial charge in [-0.1, -0.05) is 170 Å². The van der Waals surface area contributed by atoms with Crippen molar-refractivity contribution in [2.75, 3.05) is 0 Å². The van der Waals surface area contributed by atoms with Gasteiger partial charge in [-0.25, -0.2) is 0 Å². The van der Waals surface area contributed by atoms with Crippen molar-refractivity contribution in [1.29, 1.82) is 10.5 Å². The third-order valence-corrected chi connectivity index (χ3v) is 13.0. The average molecular weight is 839 g/mol. The van der Waals surface area contributed by atoms with Gasteiger partial charge < -0.3 is 9.13 Å². The number of fused-ring (bicyclic) bond motifs is 6. The quantitative estimate of drug-likeness (QED) is 0.161. The highest BCUT2D eigenvalue weighted by molar-refractivity contribution is 6.12. The summed E-state index contributed by atoms with van der Waals surface area (Å²) in [5.41, 5.74) is 17.3. The normalized spacial score (nSPS) is 11.3. The van der Waals surface area contributed by atoms with Crippen LogP contribution in [-0.4, -0.2) is 9.13 Å². The van der Waals surface area contributed by atoms with Crippen molar-refractivity contribution < 1.29 is 0 Å². The van der Waals surface area contributed by atoms with Crippen LogP contribution in [0.1, 0.15) is 11.1 Å². The van der Waals surface area contributed by atoms with Crippen LogP contribution in [0.4, 0.5) is 0 Å². The molecule has 2 heterocycles. The largest absolute Gasteiger partial charge is 0.309 e. The van der Waals surface area contributed by atoms with Crippen LogP contribution in [0, 0.1) is 22.7 Å². The predicted octanol–water partition coefficient (Wildman–Crippen LogP) is 16.0. The summed E-state index contributed by atoms with van der Waals surface area (Å²) in [7, 11) is 0. The van der Waals surface area contributed by atoms with Crippen molar-refractivity contribution in [3.8, 4) is 79.1 Å². The summed E-state index contributed by atoms with van der Waals surface area (Å²) >= 11 is 0. The Kier molecular flexibility index (Phi) is 9.23. The van der Waals surface area contributed by atoms with E-state index in [0.29, 0.717) is 22.3 Å². The molecule has 0 unspecified atom stereocenters. The van der Waals surface area contributed by atoms with Crippen molar-refractivity contribution in [3.05, 3.63) is 242 Å². The van der Waals surface area contributed by atoms with Crippen LogP contribution in [0.2, 0.25) is 0 Å². The highest BCUT2D eigenvalue weighted by atomic mass is 15.0. The van der Waals surface area contributed by atoms with E-state index < -0.39 is 0 Å². The molecule has 2 aromatic heterocycles. The Morgan fingerprint density at radius 1 is 0.258 bits per heavy atom. The number of hydrogen-bond donors (Lipinski definition) is 0. The molecule has 0 radical (unpaired) electrons. The molecule has 0 aliphatic carbocycles. The van der Waals surface area contributed by atoms with Crippen molar-refractivity contribution in [2.24, 2.45) is 0 Å². The van der Waals surface area contributed by atoms with E-state index >= 15 is 0 Å². The molecule has 66 heavy (non-hydrogen) atoms. The Morgan fingerprint density at radius 3 is 0.788 bits per heavy atom. The SMILES string of the molecule is N#Cc1ccc(-n2c3cc(-c4ccccc4)ccc3c3ccc(-c4ccccc4)cc32)cc1-c1cc(-n2c3cc(-c4ccccc4)ccc3c3ccc(-c4ccccc4)cc32)ccc1C#N. The zero-order valence-corrected chi connectivity index (χ0v) is 35.7. The molecule has 10 aromatic carbocycles. The molecule has 0 spiro atoms. The minimum atomic E-state index is 0.489. The minimum Gasteiger partial charge on any atom is -0.309 e. The number of aromatic nitrogens is 2. The van der Waals surface area contributed by atoms with Gasteiger partial charge in [-0.05, 0) is 105 Å². The second-order valence-corrected chi connectivity index (χ2v) is 16.7. The van der Waals surface area contributed by atoms with Gasteiger partial charge in [0.2, 0.25) is 0 Å². The Bertz CT molecular complexity index is 3470. The number of rotatable bonds is 7. The first-order valence-corrected chi connectivity index (χ1v) is 22.1. The summed E-state index contributed by atoms with van der Waals surface area (Å²) < 4.78 is 4.63. The molecule has 4 heteroatoms. The van der Waals surface area contributed by atoms with Gasteiger partial charge in [0, 0.05) is 44.0 Å². The Labute approximate surface area is 382 Å². The molecule has 0 aliphatic heterocycles. The van der Waals surface area contributed by atoms with Gasteiger partial charge in [-0.15, -0.1) is 0 Å². The highest BCUT2D eigenvalue weighted by Crippen LogP contribution is 2.41. The van der Waals surface area contributed by atoms with E-state index in [9.17, 15) is 10.5 Å². The van der Waals surface area contributed by atoms with Crippen LogP contribution in [-0.2, 0) is 0 Å². The number of nitriles is 2. The van der Waals surface area contributed by atoms with Gasteiger partial charge in [-0.2, -0.15) is 10.5 Å². The molecule has 12 aromatic rings. The fourth-order valence-corrected chi connectivity index (χ4v) is 9.82. The molecule has 0 amide bonds. The fourth-order valence-electron chi connectivity index (χ4n) is 9.82. The van der Waals surface area contributed by atoms with Gasteiger partial charge in [0.15, 0.2) is 0 Å². The van der Waals surface area contributed by atoms with Gasteiger partial charge in [0.05, 0.1) is 45.3 Å². The molecule has 306 valence electrons. The summed E-state index contributed by atoms with van der Waals surface area (Å²) in [5.74, 6) is 0. The fraction of sp³-hybridized carbons (Fsp3) is 0. The van der Waals surface area contributed by atoms with Crippen molar-refractivity contribution >= 4 is 43.6 Å². The predicted molar refractivity (Wildman–Crippen MR) is 272 cm³/mol. The van der Waals surface area contributed by atoms with E-state index in [1.807, 2.05) is 48.5 Å². The van der Waals surface area contributed by atoms with Gasteiger partial charge in [0.25, 0.3) is 0 Å². The van der Waals surface area contributed by atoms with E-state index in [0.717, 1.165) is 99.5 Å². The molecular weight excluding hydrogens is 801 g/mol. The maximum absolute atomic E-state index is 10.8. The Hall–Kier alpha value is -9.22. The molecule has 0 saturated carbocycles. The minimum absolute atomic E-state index is 0.489. The van der Waals surface area contributed by atoms with Gasteiger partial charge in [0.1, 0.15) is 0 Å². The Balaban J connectivity index is 1.10. The monoisotopic (exact) mass is 838 g/mol. The van der Waals surface area contributed by atoms with Crippen LogP contribution in [0.5, 0.6) is 0 Å². The zero-order valence-electron chi connectivity index (χ0n) is 35.7. The molecule has 0 bridgehead atoms. The van der Waals surface area contributed by atoms with Crippen molar-refractivity contribution in [3.63, 3.8) is 0 Å². The van der Waals surface area contributed by atoms with E-state index in [4.69, 9.17) is 0 Å². The molecule has 12 rings (SSSR count). The maximum atomic E-state index is 10.8. The molecular formula is C62H38N4. The van der Waals surface area contributed by atoms with Crippen LogP contribution >= 0.6 is 0 Å². The van der Waals surface area contributed by atoms with E-state index in [2.05, 4.69) is 203 Å². The van der Waals surface area contributed by atoms with Crippen molar-refractivity contribution in [1.82, 2.24) is 9.13 Å². The molecule has 0 aliphatic rings. The molecule has 0 N–H and O–H groups in total. The summed E-state index contributed by atoms with van der Waals surface area (Å²) in [5, 5.41) is 26.1. The lowest BCUT2D eigenvalue weighted by atomic mass is 9.95. The molecule has 0 atom stereocenters. The van der Waals surface area contributed by atoms with E-state index in [-0.39, 0.29) is 0 Å². The van der Waals surface area contributed by atoms with E-state index in [1.54, 1.807) is 0 Å². The Morgan fingerprint density at radius 2 is 0.530 bits per heavy atom. The molecule has 0 fully saturated rings. The topological polar surface area (TPSA) is 57.4 Å². The zero-order chi connectivity index (χ0) is 44.1. The van der Waals surface area contributed by atoms with Crippen molar-refractivity contribution in [2.45, 2.75) is 0 Å². The first-order chi connectivity index (χ1) is 32.6. The van der Waals surface area contributed by atoms with Gasteiger partial charge in [-0.3, -0.25) is 0 Å². The first-order valence-electron chi connectivity index (χ1n) is 22.1. The standard InChI is InChI=1S/C62H38N4/c63-39-49-21-27-51(65-59-33-45(41-13-5-1-6-14-41)23-29-53(59)54-30-24-46(34-60(54)65)42-15-7-2-8-16-42)37-57(49)58-38-52(28-22-50(58)40-64)66-61-35-47(43-17-9-3-10-18-43)25-31-55(61)56-32-26-48(36-62(56)66)44-19-11-4-12-20-44/h1-38H. The first kappa shape index (κ1) is 38.5. The lowest BCUT2D eigenvalue weighted by Gasteiger charge is -2.16. The average Bonchev–Trinajstić information content (AvgIpc) is 3.90. The molecule has 4 nitrogen and oxygen atoms in total. The molecule has 0 saturated heterocycles. The summed E-state index contributed by atoms with van der Waals surface area (Å²) in [6, 6.07) is 85.6. The number of hydrogen-bond acceptors (Lipinski definition) is 2. The van der Waals surface area contributed by atoms with Gasteiger partial charge >= 0.3 is 0 Å². The van der Waals surface area contributed by atoms with E-state index in [1.165, 1.54) is 0 Å². The highest BCUT2D eigenvalue weighted by Gasteiger charge is 2.20. The van der Waals surface area contributed by atoms with Crippen LogP contribution < -0.4 is 0 Å². The summed E-state index contributed by atoms with van der Waals surface area (Å²) in [4.78, 5) is 0. The third kappa shape index (κ3) is 6.45.